The van der Waals surface area contributed by atoms with E-state index in [9.17, 15) is 14.4 Å². The third-order valence-electron chi connectivity index (χ3n) is 2.51. The first kappa shape index (κ1) is 13.3. The van der Waals surface area contributed by atoms with Crippen molar-refractivity contribution < 1.29 is 4.79 Å². The third kappa shape index (κ3) is 2.64. The van der Waals surface area contributed by atoms with Gasteiger partial charge in [-0.2, -0.15) is 5.26 Å². The fourth-order valence-electron chi connectivity index (χ4n) is 1.68. The molecule has 0 aliphatic rings. The van der Waals surface area contributed by atoms with Gasteiger partial charge in [-0.05, 0) is 18.2 Å². The molecule has 1 heterocycles. The number of amides is 1. The molecule has 0 radical (unpaired) electrons. The molecule has 2 N–H and O–H groups in total. The number of nitrogens with zero attached hydrogens (tertiary/aromatic N) is 2. The summed E-state index contributed by atoms with van der Waals surface area (Å²) in [6, 6.07) is 8.18. The Labute approximate surface area is 113 Å². The monoisotopic (exact) mass is 270 g/mol. The van der Waals surface area contributed by atoms with E-state index in [1.807, 2.05) is 0 Å². The topological polar surface area (TPSA) is 108 Å². The van der Waals surface area contributed by atoms with Crippen LogP contribution in [0.3, 0.4) is 0 Å². The fraction of sp³-hybridized carbons (Fsp3) is 0.0769. The molecule has 0 fully saturated rings. The molecule has 1 aromatic carbocycles. The van der Waals surface area contributed by atoms with Crippen LogP contribution in [0.1, 0.15) is 12.5 Å². The Kier molecular flexibility index (Phi) is 3.48. The number of anilines is 1. The smallest absolute Gasteiger partial charge is 0.326 e. The Morgan fingerprint density at radius 1 is 1.40 bits per heavy atom. The van der Waals surface area contributed by atoms with Crippen molar-refractivity contribution in [2.75, 3.05) is 5.32 Å². The third-order valence-corrected chi connectivity index (χ3v) is 2.51. The van der Waals surface area contributed by atoms with Gasteiger partial charge in [0.25, 0.3) is 5.56 Å². The van der Waals surface area contributed by atoms with Crippen molar-refractivity contribution >= 4 is 11.6 Å². The van der Waals surface area contributed by atoms with E-state index < -0.39 is 11.2 Å². The Bertz CT molecular complexity index is 826. The standard InChI is InChI=1S/C13H10N4O3/c1-8(18)15-10-3-2-4-11(5-10)17-7-9(6-14)12(19)16-13(17)20/h2-5,7H,1H3,(H,15,18)(H,16,19,20). The van der Waals surface area contributed by atoms with Crippen molar-refractivity contribution in [1.82, 2.24) is 9.55 Å². The molecule has 2 rings (SSSR count). The summed E-state index contributed by atoms with van der Waals surface area (Å²) in [5.74, 6) is -0.242. The maximum atomic E-state index is 11.8. The van der Waals surface area contributed by atoms with Crippen molar-refractivity contribution in [2.45, 2.75) is 6.92 Å². The van der Waals surface area contributed by atoms with Crippen molar-refractivity contribution in [3.05, 3.63) is 56.9 Å². The van der Waals surface area contributed by atoms with Crippen LogP contribution in [0.5, 0.6) is 0 Å². The quantitative estimate of drug-likeness (QED) is 0.821. The second-order valence-corrected chi connectivity index (χ2v) is 4.02. The van der Waals surface area contributed by atoms with Crippen LogP contribution in [0.4, 0.5) is 5.69 Å². The summed E-state index contributed by atoms with van der Waals surface area (Å²) < 4.78 is 1.13. The molecule has 1 aromatic heterocycles. The van der Waals surface area contributed by atoms with E-state index >= 15 is 0 Å². The van der Waals surface area contributed by atoms with Crippen LogP contribution in [0.2, 0.25) is 0 Å². The number of H-pyrrole nitrogens is 1. The van der Waals surface area contributed by atoms with Gasteiger partial charge in [-0.1, -0.05) is 6.07 Å². The van der Waals surface area contributed by atoms with Gasteiger partial charge < -0.3 is 5.32 Å². The number of aromatic amines is 1. The summed E-state index contributed by atoms with van der Waals surface area (Å²) in [6.45, 7) is 1.37. The normalized spacial score (nSPS) is 9.80. The summed E-state index contributed by atoms with van der Waals surface area (Å²) in [6.07, 6.45) is 1.16. The first-order valence-electron chi connectivity index (χ1n) is 5.65. The molecule has 7 heteroatoms. The molecular weight excluding hydrogens is 260 g/mol. The van der Waals surface area contributed by atoms with Crippen molar-refractivity contribution in [3.63, 3.8) is 0 Å². The number of benzene rings is 1. The van der Waals surface area contributed by atoms with E-state index in [0.717, 1.165) is 10.8 Å². The average Bonchev–Trinajstić information content (AvgIpc) is 2.38. The van der Waals surface area contributed by atoms with Crippen LogP contribution < -0.4 is 16.6 Å². The highest BCUT2D eigenvalue weighted by Gasteiger charge is 2.06. The van der Waals surface area contributed by atoms with Crippen LogP contribution in [-0.2, 0) is 4.79 Å². The number of carbonyl (C=O) groups excluding carboxylic acids is 1. The largest absolute Gasteiger partial charge is 0.332 e. The maximum Gasteiger partial charge on any atom is 0.332 e. The first-order valence-corrected chi connectivity index (χ1v) is 5.65. The molecule has 20 heavy (non-hydrogen) atoms. The van der Waals surface area contributed by atoms with E-state index in [1.54, 1.807) is 30.3 Å². The van der Waals surface area contributed by atoms with E-state index in [0.29, 0.717) is 11.4 Å². The Morgan fingerprint density at radius 3 is 2.80 bits per heavy atom. The molecule has 0 saturated carbocycles. The van der Waals surface area contributed by atoms with Gasteiger partial charge in [-0.15, -0.1) is 0 Å². The summed E-state index contributed by atoms with van der Waals surface area (Å²) >= 11 is 0. The molecule has 0 atom stereocenters. The molecule has 0 bridgehead atoms. The van der Waals surface area contributed by atoms with E-state index in [2.05, 4.69) is 10.3 Å². The van der Waals surface area contributed by atoms with E-state index in [1.165, 1.54) is 6.92 Å². The zero-order valence-electron chi connectivity index (χ0n) is 10.5. The predicted octanol–water partition coefficient (Wildman–Crippen LogP) is 0.356. The summed E-state index contributed by atoms with van der Waals surface area (Å²) in [4.78, 5) is 36.1. The molecule has 100 valence electrons. The van der Waals surface area contributed by atoms with Crippen LogP contribution in [0, 0.1) is 11.3 Å². The molecule has 0 aliphatic carbocycles. The Hall–Kier alpha value is -3.14. The minimum atomic E-state index is -0.730. The molecule has 2 aromatic rings. The lowest BCUT2D eigenvalue weighted by molar-refractivity contribution is -0.114. The molecular formula is C13H10N4O3. The highest BCUT2D eigenvalue weighted by molar-refractivity contribution is 5.88. The van der Waals surface area contributed by atoms with Gasteiger partial charge in [0.15, 0.2) is 0 Å². The Morgan fingerprint density at radius 2 is 2.15 bits per heavy atom. The molecule has 0 spiro atoms. The number of carbonyl (C=O) groups is 1. The fourth-order valence-corrected chi connectivity index (χ4v) is 1.68. The average molecular weight is 270 g/mol. The van der Waals surface area contributed by atoms with Crippen molar-refractivity contribution in [2.24, 2.45) is 0 Å². The number of hydrogen-bond acceptors (Lipinski definition) is 4. The van der Waals surface area contributed by atoms with Gasteiger partial charge in [0.1, 0.15) is 11.6 Å². The SMILES string of the molecule is CC(=O)Nc1cccc(-n2cc(C#N)c(=O)[nH]c2=O)c1. The summed E-state index contributed by atoms with van der Waals surface area (Å²) in [5.41, 5.74) is -0.629. The van der Waals surface area contributed by atoms with Gasteiger partial charge in [0.2, 0.25) is 5.91 Å². The summed E-state index contributed by atoms with van der Waals surface area (Å²) in [5, 5.41) is 11.4. The van der Waals surface area contributed by atoms with Crippen LogP contribution in [0.15, 0.2) is 40.1 Å². The number of nitrogens with one attached hydrogen (secondary N) is 2. The Balaban J connectivity index is 2.57. The lowest BCUT2D eigenvalue weighted by Gasteiger charge is -2.08. The predicted molar refractivity (Wildman–Crippen MR) is 71.7 cm³/mol. The number of rotatable bonds is 2. The minimum Gasteiger partial charge on any atom is -0.326 e. The second kappa shape index (κ2) is 5.24. The van der Waals surface area contributed by atoms with Crippen LogP contribution >= 0.6 is 0 Å². The first-order chi connectivity index (χ1) is 9.51. The number of aromatic nitrogens is 2. The van der Waals surface area contributed by atoms with Crippen LogP contribution in [0.25, 0.3) is 5.69 Å². The van der Waals surface area contributed by atoms with Gasteiger partial charge in [0.05, 0.1) is 5.69 Å². The maximum absolute atomic E-state index is 11.8. The molecule has 7 nitrogen and oxygen atoms in total. The highest BCUT2D eigenvalue weighted by atomic mass is 16.2. The number of nitriles is 1. The van der Waals surface area contributed by atoms with Gasteiger partial charge in [-0.25, -0.2) is 4.79 Å². The van der Waals surface area contributed by atoms with Gasteiger partial charge in [0, 0.05) is 18.8 Å². The summed E-state index contributed by atoms with van der Waals surface area (Å²) in [7, 11) is 0. The highest BCUT2D eigenvalue weighted by Crippen LogP contribution is 2.13. The lowest BCUT2D eigenvalue weighted by Crippen LogP contribution is -2.30. The van der Waals surface area contributed by atoms with E-state index in [-0.39, 0.29) is 11.5 Å². The van der Waals surface area contributed by atoms with Crippen LogP contribution in [-0.4, -0.2) is 15.5 Å². The van der Waals surface area contributed by atoms with Gasteiger partial charge in [-0.3, -0.25) is 19.1 Å². The number of hydrogen-bond donors (Lipinski definition) is 2. The zero-order valence-corrected chi connectivity index (χ0v) is 10.5. The van der Waals surface area contributed by atoms with Crippen molar-refractivity contribution in [1.29, 1.82) is 5.26 Å². The second-order valence-electron chi connectivity index (χ2n) is 4.02. The molecule has 0 saturated heterocycles. The molecule has 1 amide bonds. The van der Waals surface area contributed by atoms with Crippen molar-refractivity contribution in [3.8, 4) is 11.8 Å². The molecule has 0 aliphatic heterocycles. The zero-order chi connectivity index (χ0) is 14.7. The van der Waals surface area contributed by atoms with Gasteiger partial charge >= 0.3 is 5.69 Å². The minimum absolute atomic E-state index is 0.172. The molecule has 0 unspecified atom stereocenters. The van der Waals surface area contributed by atoms with E-state index in [4.69, 9.17) is 5.26 Å². The lowest BCUT2D eigenvalue weighted by atomic mass is 10.2.